The van der Waals surface area contributed by atoms with E-state index in [2.05, 4.69) is 20.9 Å². The quantitative estimate of drug-likeness (QED) is 0.692. The van der Waals surface area contributed by atoms with Crippen molar-refractivity contribution in [1.29, 1.82) is 0 Å². The number of amides is 1. The molecule has 0 radical (unpaired) electrons. The van der Waals surface area contributed by atoms with Gasteiger partial charge in [-0.05, 0) is 70.0 Å². The maximum atomic E-state index is 12.8. The third-order valence-corrected chi connectivity index (χ3v) is 4.74. The molecule has 2 N–H and O–H groups in total. The van der Waals surface area contributed by atoms with Crippen molar-refractivity contribution in [2.45, 2.75) is 38.6 Å². The molecule has 2 heterocycles. The van der Waals surface area contributed by atoms with E-state index in [1.165, 1.54) is 12.1 Å². The normalized spacial score (nSPS) is 14.9. The first-order chi connectivity index (χ1) is 13.1. The van der Waals surface area contributed by atoms with Crippen molar-refractivity contribution < 1.29 is 13.9 Å². The fraction of sp³-hybridized carbons (Fsp3) is 0.526. The molecule has 0 aliphatic carbocycles. The predicted octanol–water partition coefficient (Wildman–Crippen LogP) is 2.24. The van der Waals surface area contributed by atoms with Crippen LogP contribution < -0.4 is 15.4 Å². The summed E-state index contributed by atoms with van der Waals surface area (Å²) in [5.41, 5.74) is 1.22. The van der Waals surface area contributed by atoms with Gasteiger partial charge in [0.15, 0.2) is 5.69 Å². The molecule has 1 aromatic carbocycles. The number of nitrogens with one attached hydrogen (secondary N) is 2. The Kier molecular flexibility index (Phi) is 6.75. The first-order valence-electron chi connectivity index (χ1n) is 9.44. The minimum absolute atomic E-state index is 0.188. The molecule has 0 unspecified atom stereocenters. The van der Waals surface area contributed by atoms with E-state index in [0.29, 0.717) is 30.6 Å². The lowest BCUT2D eigenvalue weighted by Gasteiger charge is -2.23. The van der Waals surface area contributed by atoms with Crippen molar-refractivity contribution >= 4 is 5.91 Å². The summed E-state index contributed by atoms with van der Waals surface area (Å²) in [5, 5.41) is 14.5. The fourth-order valence-corrected chi connectivity index (χ4v) is 3.18. The molecule has 1 aliphatic heterocycles. The Morgan fingerprint density at radius 2 is 2.04 bits per heavy atom. The van der Waals surface area contributed by atoms with Crippen LogP contribution in [0.15, 0.2) is 24.3 Å². The second-order valence-corrected chi connectivity index (χ2v) is 6.71. The predicted molar refractivity (Wildman–Crippen MR) is 99.4 cm³/mol. The van der Waals surface area contributed by atoms with Crippen LogP contribution in [0.2, 0.25) is 0 Å². The second kappa shape index (κ2) is 9.45. The zero-order valence-electron chi connectivity index (χ0n) is 15.6. The molecule has 2 aromatic rings. The van der Waals surface area contributed by atoms with E-state index in [4.69, 9.17) is 4.74 Å². The van der Waals surface area contributed by atoms with Crippen molar-refractivity contribution in [1.82, 2.24) is 25.6 Å². The van der Waals surface area contributed by atoms with Gasteiger partial charge in [0.05, 0.1) is 18.3 Å². The first-order valence-corrected chi connectivity index (χ1v) is 9.44. The number of nitrogens with zero attached hydrogens (tertiary/aromatic N) is 3. The number of carbonyl (C=O) groups is 1. The van der Waals surface area contributed by atoms with Gasteiger partial charge in [-0.2, -0.15) is 0 Å². The highest BCUT2D eigenvalue weighted by atomic mass is 19.1. The summed E-state index contributed by atoms with van der Waals surface area (Å²) in [6.07, 6.45) is 3.57. The number of halogens is 1. The molecule has 3 rings (SSSR count). The average Bonchev–Trinajstić information content (AvgIpc) is 3.08. The molecule has 7 nitrogen and oxygen atoms in total. The first kappa shape index (κ1) is 19.3. The number of benzene rings is 1. The minimum Gasteiger partial charge on any atom is -0.494 e. The second-order valence-electron chi connectivity index (χ2n) is 6.71. The number of aromatic nitrogens is 3. The molecule has 146 valence electrons. The SMILES string of the molecule is Cc1c(C(=O)NCCCCOc2ccc(F)cc2)nnn1C1CCNCC1. The number of ether oxygens (including phenoxy) is 1. The molecule has 1 amide bonds. The van der Waals surface area contributed by atoms with Crippen LogP contribution in [0.3, 0.4) is 0 Å². The van der Waals surface area contributed by atoms with E-state index in [1.807, 2.05) is 11.6 Å². The van der Waals surface area contributed by atoms with Gasteiger partial charge in [0.2, 0.25) is 0 Å². The van der Waals surface area contributed by atoms with E-state index in [0.717, 1.165) is 44.5 Å². The van der Waals surface area contributed by atoms with Crippen LogP contribution in [-0.4, -0.2) is 47.1 Å². The summed E-state index contributed by atoms with van der Waals surface area (Å²) in [4.78, 5) is 12.3. The van der Waals surface area contributed by atoms with Gasteiger partial charge in [0.1, 0.15) is 11.6 Å². The number of piperidine rings is 1. The summed E-state index contributed by atoms with van der Waals surface area (Å²) in [7, 11) is 0. The molecule has 0 spiro atoms. The van der Waals surface area contributed by atoms with Crippen molar-refractivity contribution in [3.63, 3.8) is 0 Å². The maximum Gasteiger partial charge on any atom is 0.273 e. The zero-order chi connectivity index (χ0) is 19.1. The van der Waals surface area contributed by atoms with Crippen molar-refractivity contribution in [3.05, 3.63) is 41.5 Å². The number of hydrogen-bond acceptors (Lipinski definition) is 5. The summed E-state index contributed by atoms with van der Waals surface area (Å²) in [6.45, 7) is 4.89. The van der Waals surface area contributed by atoms with Gasteiger partial charge < -0.3 is 15.4 Å². The number of hydrogen-bond donors (Lipinski definition) is 2. The largest absolute Gasteiger partial charge is 0.494 e. The van der Waals surface area contributed by atoms with Crippen LogP contribution in [-0.2, 0) is 0 Å². The summed E-state index contributed by atoms with van der Waals surface area (Å²) < 4.78 is 20.2. The van der Waals surface area contributed by atoms with E-state index in [9.17, 15) is 9.18 Å². The van der Waals surface area contributed by atoms with Crippen LogP contribution in [0, 0.1) is 12.7 Å². The van der Waals surface area contributed by atoms with E-state index >= 15 is 0 Å². The summed E-state index contributed by atoms with van der Waals surface area (Å²) in [5.74, 6) is 0.176. The monoisotopic (exact) mass is 375 g/mol. The lowest BCUT2D eigenvalue weighted by molar-refractivity contribution is 0.0946. The smallest absolute Gasteiger partial charge is 0.273 e. The van der Waals surface area contributed by atoms with E-state index in [1.54, 1.807) is 12.1 Å². The van der Waals surface area contributed by atoms with E-state index < -0.39 is 0 Å². The van der Waals surface area contributed by atoms with Crippen molar-refractivity contribution in [2.75, 3.05) is 26.2 Å². The number of carbonyl (C=O) groups excluding carboxylic acids is 1. The van der Waals surface area contributed by atoms with Crippen molar-refractivity contribution in [2.24, 2.45) is 0 Å². The highest BCUT2D eigenvalue weighted by Crippen LogP contribution is 2.20. The van der Waals surface area contributed by atoms with Gasteiger partial charge in [-0.25, -0.2) is 9.07 Å². The Morgan fingerprint density at radius 3 is 2.78 bits per heavy atom. The lowest BCUT2D eigenvalue weighted by atomic mass is 10.1. The molecule has 8 heteroatoms. The molecule has 1 fully saturated rings. The van der Waals surface area contributed by atoms with Gasteiger partial charge in [-0.1, -0.05) is 5.21 Å². The van der Waals surface area contributed by atoms with Gasteiger partial charge >= 0.3 is 0 Å². The van der Waals surface area contributed by atoms with Crippen LogP contribution in [0.5, 0.6) is 5.75 Å². The highest BCUT2D eigenvalue weighted by molar-refractivity contribution is 5.93. The average molecular weight is 375 g/mol. The summed E-state index contributed by atoms with van der Waals surface area (Å²) in [6, 6.07) is 6.25. The minimum atomic E-state index is -0.280. The molecular formula is C19H26FN5O2. The molecule has 1 saturated heterocycles. The van der Waals surface area contributed by atoms with E-state index in [-0.39, 0.29) is 11.7 Å². The highest BCUT2D eigenvalue weighted by Gasteiger charge is 2.22. The topological polar surface area (TPSA) is 81.1 Å². The standard InChI is InChI=1S/C19H26FN5O2/c1-14-18(23-24-25(14)16-8-11-21-12-9-16)19(26)22-10-2-3-13-27-17-6-4-15(20)5-7-17/h4-7,16,21H,2-3,8-13H2,1H3,(H,22,26). The lowest BCUT2D eigenvalue weighted by Crippen LogP contribution is -2.30. The Balaban J connectivity index is 1.38. The van der Waals surface area contributed by atoms with Crippen molar-refractivity contribution in [3.8, 4) is 5.75 Å². The maximum absolute atomic E-state index is 12.8. The Morgan fingerprint density at radius 1 is 1.30 bits per heavy atom. The molecule has 0 atom stereocenters. The molecule has 27 heavy (non-hydrogen) atoms. The third kappa shape index (κ3) is 5.26. The number of unbranched alkanes of at least 4 members (excludes halogenated alkanes) is 1. The van der Waals surface area contributed by atoms with Crippen LogP contribution in [0.25, 0.3) is 0 Å². The Hall–Kier alpha value is -2.48. The summed E-state index contributed by atoms with van der Waals surface area (Å²) >= 11 is 0. The Bertz CT molecular complexity index is 741. The van der Waals surface area contributed by atoms with Gasteiger partial charge in [-0.3, -0.25) is 4.79 Å². The van der Waals surface area contributed by atoms with Crippen LogP contribution in [0.4, 0.5) is 4.39 Å². The molecule has 0 saturated carbocycles. The Labute approximate surface area is 158 Å². The molecular weight excluding hydrogens is 349 g/mol. The third-order valence-electron chi connectivity index (χ3n) is 4.74. The van der Waals surface area contributed by atoms with Crippen LogP contribution >= 0.6 is 0 Å². The number of rotatable bonds is 8. The van der Waals surface area contributed by atoms with Crippen LogP contribution in [0.1, 0.15) is 47.9 Å². The van der Waals surface area contributed by atoms with Gasteiger partial charge in [0, 0.05) is 6.54 Å². The van der Waals surface area contributed by atoms with Gasteiger partial charge in [0.25, 0.3) is 5.91 Å². The molecule has 1 aromatic heterocycles. The molecule has 0 bridgehead atoms. The fourth-order valence-electron chi connectivity index (χ4n) is 3.18. The zero-order valence-corrected chi connectivity index (χ0v) is 15.6. The molecule has 1 aliphatic rings. The van der Waals surface area contributed by atoms with Gasteiger partial charge in [-0.15, -0.1) is 5.10 Å².